The Morgan fingerprint density at radius 2 is 0.860 bits per heavy atom. The lowest BCUT2D eigenvalue weighted by Gasteiger charge is -2.14. The van der Waals surface area contributed by atoms with Gasteiger partial charge in [-0.25, -0.2) is 4.98 Å². The molecule has 0 unspecified atom stereocenters. The van der Waals surface area contributed by atoms with Crippen LogP contribution in [0.5, 0.6) is 0 Å². The molecule has 0 amide bonds. The molecule has 6 aromatic carbocycles. The number of aromatic nitrogens is 2. The quantitative estimate of drug-likeness (QED) is 0.209. The zero-order valence-corrected chi connectivity index (χ0v) is 23.6. The van der Waals surface area contributed by atoms with Crippen LogP contribution in [0.1, 0.15) is 0 Å². The molecule has 0 saturated carbocycles. The van der Waals surface area contributed by atoms with Gasteiger partial charge >= 0.3 is 0 Å². The maximum Gasteiger partial charge on any atom is 0.137 e. The van der Waals surface area contributed by atoms with Gasteiger partial charge in [0.05, 0.1) is 11.0 Å². The fourth-order valence-corrected chi connectivity index (χ4v) is 6.20. The summed E-state index contributed by atoms with van der Waals surface area (Å²) in [7, 11) is 0. The molecule has 0 spiro atoms. The minimum atomic E-state index is 0.917. The van der Waals surface area contributed by atoms with Crippen LogP contribution in [0, 0.1) is 0 Å². The molecule has 2 nitrogen and oxygen atoms in total. The summed E-state index contributed by atoms with van der Waals surface area (Å²) in [6, 6.07) is 58.5. The van der Waals surface area contributed by atoms with Crippen molar-refractivity contribution in [3.8, 4) is 50.3 Å². The Kier molecular flexibility index (Phi) is 6.16. The van der Waals surface area contributed by atoms with Crippen LogP contribution in [-0.2, 0) is 0 Å². The second kappa shape index (κ2) is 10.6. The van der Waals surface area contributed by atoms with E-state index in [1.165, 1.54) is 55.3 Å². The SMILES string of the molecule is c1ccc(-c2ccc(-c3ccc4c(c3)c3cc(-c5ccccc5)ccc3n4-c3ccccn3)c(-c3ccccc3)c2)cc1. The van der Waals surface area contributed by atoms with E-state index >= 15 is 0 Å². The minimum Gasteiger partial charge on any atom is -0.294 e. The normalized spacial score (nSPS) is 11.3. The van der Waals surface area contributed by atoms with E-state index in [4.69, 9.17) is 4.98 Å². The monoisotopic (exact) mass is 548 g/mol. The first-order valence-electron chi connectivity index (χ1n) is 14.6. The smallest absolute Gasteiger partial charge is 0.137 e. The Morgan fingerprint density at radius 3 is 1.47 bits per heavy atom. The van der Waals surface area contributed by atoms with Crippen molar-refractivity contribution in [2.45, 2.75) is 0 Å². The van der Waals surface area contributed by atoms with Crippen molar-refractivity contribution in [2.75, 3.05) is 0 Å². The number of fused-ring (bicyclic) bond motifs is 3. The zero-order valence-electron chi connectivity index (χ0n) is 23.6. The van der Waals surface area contributed by atoms with Crippen molar-refractivity contribution in [1.82, 2.24) is 9.55 Å². The third-order valence-electron chi connectivity index (χ3n) is 8.27. The number of pyridine rings is 1. The van der Waals surface area contributed by atoms with Crippen LogP contribution in [-0.4, -0.2) is 9.55 Å². The van der Waals surface area contributed by atoms with Gasteiger partial charge in [-0.2, -0.15) is 0 Å². The van der Waals surface area contributed by atoms with Crippen molar-refractivity contribution in [3.63, 3.8) is 0 Å². The highest BCUT2D eigenvalue weighted by atomic mass is 15.1. The van der Waals surface area contributed by atoms with Gasteiger partial charge in [-0.1, -0.05) is 121 Å². The summed E-state index contributed by atoms with van der Waals surface area (Å²) in [5, 5.41) is 2.42. The summed E-state index contributed by atoms with van der Waals surface area (Å²) in [4.78, 5) is 4.74. The van der Waals surface area contributed by atoms with E-state index in [0.29, 0.717) is 0 Å². The number of rotatable bonds is 5. The summed E-state index contributed by atoms with van der Waals surface area (Å²) >= 11 is 0. The van der Waals surface area contributed by atoms with Gasteiger partial charge in [0.25, 0.3) is 0 Å². The predicted molar refractivity (Wildman–Crippen MR) is 180 cm³/mol. The summed E-state index contributed by atoms with van der Waals surface area (Å²) in [6.07, 6.45) is 1.86. The number of benzene rings is 6. The molecule has 43 heavy (non-hydrogen) atoms. The lowest BCUT2D eigenvalue weighted by Crippen LogP contribution is -1.96. The molecule has 0 saturated heterocycles. The highest BCUT2D eigenvalue weighted by molar-refractivity contribution is 6.12. The van der Waals surface area contributed by atoms with Gasteiger partial charge in [-0.3, -0.25) is 4.57 Å². The van der Waals surface area contributed by atoms with Crippen LogP contribution in [0.4, 0.5) is 0 Å². The minimum absolute atomic E-state index is 0.917. The van der Waals surface area contributed by atoms with E-state index in [-0.39, 0.29) is 0 Å². The first-order valence-corrected chi connectivity index (χ1v) is 14.6. The van der Waals surface area contributed by atoms with E-state index in [2.05, 4.69) is 156 Å². The number of hydrogen-bond donors (Lipinski definition) is 0. The Morgan fingerprint density at radius 1 is 0.349 bits per heavy atom. The van der Waals surface area contributed by atoms with Crippen LogP contribution < -0.4 is 0 Å². The first-order chi connectivity index (χ1) is 21.3. The van der Waals surface area contributed by atoms with Gasteiger partial charge in [0.15, 0.2) is 0 Å². The average molecular weight is 549 g/mol. The van der Waals surface area contributed by atoms with Crippen molar-refractivity contribution in [3.05, 3.63) is 170 Å². The first kappa shape index (κ1) is 25.0. The summed E-state index contributed by atoms with van der Waals surface area (Å²) in [5.41, 5.74) is 12.0. The predicted octanol–water partition coefficient (Wildman–Crippen LogP) is 10.8. The Hall–Kier alpha value is -5.73. The second-order valence-corrected chi connectivity index (χ2v) is 10.8. The van der Waals surface area contributed by atoms with Gasteiger partial charge in [0.2, 0.25) is 0 Å². The molecule has 8 aromatic rings. The molecule has 0 bridgehead atoms. The van der Waals surface area contributed by atoms with Crippen molar-refractivity contribution >= 4 is 21.8 Å². The fraction of sp³-hybridized carbons (Fsp3) is 0. The van der Waals surface area contributed by atoms with Crippen LogP contribution in [0.25, 0.3) is 72.1 Å². The molecule has 0 atom stereocenters. The van der Waals surface area contributed by atoms with E-state index in [0.717, 1.165) is 16.9 Å². The van der Waals surface area contributed by atoms with Gasteiger partial charge in [0, 0.05) is 17.0 Å². The maximum atomic E-state index is 4.74. The third kappa shape index (κ3) is 4.50. The van der Waals surface area contributed by atoms with Crippen LogP contribution >= 0.6 is 0 Å². The van der Waals surface area contributed by atoms with Crippen LogP contribution in [0.3, 0.4) is 0 Å². The molecule has 0 aliphatic rings. The Labute approximate surface area is 251 Å². The third-order valence-corrected chi connectivity index (χ3v) is 8.27. The fourth-order valence-electron chi connectivity index (χ4n) is 6.20. The highest BCUT2D eigenvalue weighted by Gasteiger charge is 2.17. The molecule has 2 heterocycles. The van der Waals surface area contributed by atoms with Crippen LogP contribution in [0.15, 0.2) is 170 Å². The number of hydrogen-bond acceptors (Lipinski definition) is 1. The molecule has 0 radical (unpaired) electrons. The Bertz CT molecular complexity index is 2200. The van der Waals surface area contributed by atoms with Crippen molar-refractivity contribution in [1.29, 1.82) is 0 Å². The molecule has 2 aromatic heterocycles. The topological polar surface area (TPSA) is 17.8 Å². The standard InChI is InChI=1S/C41H28N2/c1-4-12-29(13-5-1)32-19-22-35(36(26-32)31-16-8-3-9-17-31)34-21-24-40-38(28-34)37-27-33(30-14-6-2-7-15-30)20-23-39(37)43(40)41-18-10-11-25-42-41/h1-28H. The lowest BCUT2D eigenvalue weighted by atomic mass is 9.90. The summed E-state index contributed by atoms with van der Waals surface area (Å²) in [6.45, 7) is 0. The summed E-state index contributed by atoms with van der Waals surface area (Å²) in [5.74, 6) is 0.917. The molecule has 0 N–H and O–H groups in total. The van der Waals surface area contributed by atoms with E-state index in [1.807, 2.05) is 18.3 Å². The molecule has 2 heteroatoms. The molecule has 0 aliphatic carbocycles. The van der Waals surface area contributed by atoms with Gasteiger partial charge < -0.3 is 0 Å². The second-order valence-electron chi connectivity index (χ2n) is 10.8. The molecular weight excluding hydrogens is 520 g/mol. The lowest BCUT2D eigenvalue weighted by molar-refractivity contribution is 1.08. The van der Waals surface area contributed by atoms with Crippen LogP contribution in [0.2, 0.25) is 0 Å². The zero-order chi connectivity index (χ0) is 28.6. The van der Waals surface area contributed by atoms with E-state index < -0.39 is 0 Å². The molecule has 0 fully saturated rings. The summed E-state index contributed by atoms with van der Waals surface area (Å²) < 4.78 is 2.28. The molecule has 202 valence electrons. The van der Waals surface area contributed by atoms with Gasteiger partial charge in [0.1, 0.15) is 5.82 Å². The largest absolute Gasteiger partial charge is 0.294 e. The molecular formula is C41H28N2. The molecule has 8 rings (SSSR count). The van der Waals surface area contributed by atoms with Crippen molar-refractivity contribution in [2.24, 2.45) is 0 Å². The van der Waals surface area contributed by atoms with Gasteiger partial charge in [-0.15, -0.1) is 0 Å². The van der Waals surface area contributed by atoms with E-state index in [1.54, 1.807) is 0 Å². The number of nitrogens with zero attached hydrogens (tertiary/aromatic N) is 2. The maximum absolute atomic E-state index is 4.74. The Balaban J connectivity index is 1.38. The molecule has 0 aliphatic heterocycles. The van der Waals surface area contributed by atoms with Crippen molar-refractivity contribution < 1.29 is 0 Å². The van der Waals surface area contributed by atoms with E-state index in [9.17, 15) is 0 Å². The average Bonchev–Trinajstić information content (AvgIpc) is 3.42. The highest BCUT2D eigenvalue weighted by Crippen LogP contribution is 2.40. The van der Waals surface area contributed by atoms with Gasteiger partial charge in [-0.05, 0) is 87.0 Å².